The summed E-state index contributed by atoms with van der Waals surface area (Å²) in [6.45, 7) is 11.2. The monoisotopic (exact) mass is 451 g/mol. The highest BCUT2D eigenvalue weighted by molar-refractivity contribution is 6.91. The van der Waals surface area contributed by atoms with E-state index < -0.39 is 13.7 Å². The molecule has 1 fully saturated rings. The van der Waals surface area contributed by atoms with E-state index in [4.69, 9.17) is 9.47 Å². The van der Waals surface area contributed by atoms with Gasteiger partial charge in [0.25, 0.3) is 5.91 Å². The smallest absolute Gasteiger partial charge is 0.264 e. The molecule has 0 bridgehead atoms. The topological polar surface area (TPSA) is 59.0 Å². The minimum Gasteiger partial charge on any atom is -0.497 e. The van der Waals surface area contributed by atoms with Gasteiger partial charge in [-0.2, -0.15) is 0 Å². The number of para-hydroxylation sites is 1. The van der Waals surface area contributed by atoms with Crippen LogP contribution < -0.4 is 14.8 Å². The summed E-state index contributed by atoms with van der Waals surface area (Å²) in [5, 5.41) is 11.2. The quantitative estimate of drug-likeness (QED) is 0.514. The summed E-state index contributed by atoms with van der Waals surface area (Å²) in [4.78, 5) is 15.7. The van der Waals surface area contributed by atoms with Crippen LogP contribution in [0.1, 0.15) is 18.9 Å². The predicted octanol–water partition coefficient (Wildman–Crippen LogP) is 3.83. The Bertz CT molecular complexity index is 1010. The maximum atomic E-state index is 13.9. The number of fused-ring (bicyclic) bond motifs is 2. The number of anilines is 1. The highest BCUT2D eigenvalue weighted by Crippen LogP contribution is 2.59. The first kappa shape index (κ1) is 22.8. The van der Waals surface area contributed by atoms with Gasteiger partial charge in [-0.1, -0.05) is 61.6 Å². The van der Waals surface area contributed by atoms with Gasteiger partial charge in [-0.05, 0) is 30.2 Å². The van der Waals surface area contributed by atoms with E-state index in [1.807, 2.05) is 36.4 Å². The van der Waals surface area contributed by atoms with Crippen molar-refractivity contribution >= 4 is 24.9 Å². The fourth-order valence-electron chi connectivity index (χ4n) is 5.98. The summed E-state index contributed by atoms with van der Waals surface area (Å²) in [5.74, 6) is 0.778. The van der Waals surface area contributed by atoms with Crippen molar-refractivity contribution in [2.24, 2.45) is 5.92 Å². The zero-order valence-electron chi connectivity index (χ0n) is 19.4. The lowest BCUT2D eigenvalue weighted by atomic mass is 9.82. The number of aliphatic hydroxyl groups excluding tert-OH is 1. The van der Waals surface area contributed by atoms with Gasteiger partial charge in [0.1, 0.15) is 5.75 Å². The summed E-state index contributed by atoms with van der Waals surface area (Å²) in [6, 6.07) is 16.2. The van der Waals surface area contributed by atoms with Crippen LogP contribution in [0.5, 0.6) is 5.75 Å². The number of carbonyl (C=O) groups excluding carboxylic acids is 1. The number of methoxy groups -OCH3 is 1. The van der Waals surface area contributed by atoms with Crippen LogP contribution in [0.3, 0.4) is 0 Å². The molecule has 0 aliphatic carbocycles. The van der Waals surface area contributed by atoms with Crippen molar-refractivity contribution in [1.82, 2.24) is 0 Å². The molecule has 4 atom stereocenters. The molecule has 6 heteroatoms. The van der Waals surface area contributed by atoms with Crippen molar-refractivity contribution in [3.8, 4) is 5.75 Å². The SMILES string of the molecule is C=CCN1C(=O)[C@]2(O[C@H](CCO)[C@@H]([Si](C)(C)c3ccc(OC)cc3)[C@@H]2C)c2ccccc21. The number of nitrogens with zero attached hydrogens (tertiary/aromatic N) is 1. The van der Waals surface area contributed by atoms with Gasteiger partial charge < -0.3 is 19.5 Å². The Morgan fingerprint density at radius 1 is 1.22 bits per heavy atom. The number of ether oxygens (including phenoxy) is 2. The van der Waals surface area contributed by atoms with Gasteiger partial charge in [-0.25, -0.2) is 0 Å². The molecule has 2 heterocycles. The molecule has 0 saturated carbocycles. The molecular weight excluding hydrogens is 418 g/mol. The van der Waals surface area contributed by atoms with Crippen LogP contribution >= 0.6 is 0 Å². The van der Waals surface area contributed by atoms with Gasteiger partial charge >= 0.3 is 0 Å². The van der Waals surface area contributed by atoms with Crippen LogP contribution in [0.2, 0.25) is 18.6 Å². The van der Waals surface area contributed by atoms with Crippen LogP contribution in [-0.4, -0.2) is 45.5 Å². The van der Waals surface area contributed by atoms with Crippen LogP contribution in [0.25, 0.3) is 0 Å². The first-order chi connectivity index (χ1) is 15.3. The van der Waals surface area contributed by atoms with Crippen molar-refractivity contribution in [2.45, 2.75) is 43.7 Å². The molecular formula is C26H33NO4Si. The minimum atomic E-state index is -2.11. The highest BCUT2D eigenvalue weighted by Gasteiger charge is 2.65. The third kappa shape index (κ3) is 3.24. The molecule has 0 unspecified atom stereocenters. The average molecular weight is 452 g/mol. The zero-order chi connectivity index (χ0) is 23.1. The lowest BCUT2D eigenvalue weighted by Crippen LogP contribution is -2.51. The average Bonchev–Trinajstić information content (AvgIpc) is 3.22. The number of carbonyl (C=O) groups is 1. The molecule has 1 spiro atoms. The Hall–Kier alpha value is -2.41. The molecule has 4 rings (SSSR count). The van der Waals surface area contributed by atoms with Crippen LogP contribution in [0.4, 0.5) is 5.69 Å². The molecule has 2 aliphatic heterocycles. The first-order valence-electron chi connectivity index (χ1n) is 11.3. The van der Waals surface area contributed by atoms with Crippen molar-refractivity contribution in [3.63, 3.8) is 0 Å². The molecule has 0 aromatic heterocycles. The summed E-state index contributed by atoms with van der Waals surface area (Å²) in [7, 11) is -0.443. The third-order valence-corrected chi connectivity index (χ3v) is 11.8. The summed E-state index contributed by atoms with van der Waals surface area (Å²) < 4.78 is 12.1. The van der Waals surface area contributed by atoms with Crippen molar-refractivity contribution in [3.05, 3.63) is 66.7 Å². The summed E-state index contributed by atoms with van der Waals surface area (Å²) >= 11 is 0. The fourth-order valence-corrected chi connectivity index (χ4v) is 10.0. The minimum absolute atomic E-state index is 0.0175. The highest BCUT2D eigenvalue weighted by atomic mass is 28.3. The zero-order valence-corrected chi connectivity index (χ0v) is 20.4. The number of hydrogen-bond donors (Lipinski definition) is 1. The van der Waals surface area contributed by atoms with E-state index in [0.717, 1.165) is 17.0 Å². The van der Waals surface area contributed by atoms with Gasteiger partial charge in [0.15, 0.2) is 5.60 Å². The molecule has 170 valence electrons. The second-order valence-corrected chi connectivity index (χ2v) is 14.1. The molecule has 1 N–H and O–H groups in total. The Morgan fingerprint density at radius 2 is 1.91 bits per heavy atom. The van der Waals surface area contributed by atoms with E-state index in [2.05, 4.69) is 38.7 Å². The molecule has 5 nitrogen and oxygen atoms in total. The lowest BCUT2D eigenvalue weighted by Gasteiger charge is -2.37. The first-order valence-corrected chi connectivity index (χ1v) is 14.4. The molecule has 2 aromatic rings. The number of aliphatic hydroxyl groups is 1. The normalized spacial score (nSPS) is 27.1. The van der Waals surface area contributed by atoms with E-state index in [0.29, 0.717) is 13.0 Å². The molecule has 0 radical (unpaired) electrons. The van der Waals surface area contributed by atoms with Crippen LogP contribution in [0, 0.1) is 5.92 Å². The number of amides is 1. The Labute approximate surface area is 191 Å². The number of hydrogen-bond acceptors (Lipinski definition) is 4. The Balaban J connectivity index is 1.82. The van der Waals surface area contributed by atoms with E-state index in [1.54, 1.807) is 18.1 Å². The number of benzene rings is 2. The predicted molar refractivity (Wildman–Crippen MR) is 130 cm³/mol. The fraction of sp³-hybridized carbons (Fsp3) is 0.423. The van der Waals surface area contributed by atoms with Crippen molar-refractivity contribution < 1.29 is 19.4 Å². The number of rotatable bonds is 7. The Morgan fingerprint density at radius 3 is 2.53 bits per heavy atom. The van der Waals surface area contributed by atoms with E-state index in [-0.39, 0.29) is 30.1 Å². The van der Waals surface area contributed by atoms with Crippen molar-refractivity contribution in [2.75, 3.05) is 25.2 Å². The standard InChI is InChI=1S/C26H33NO4Si/c1-6-16-27-22-10-8-7-9-21(22)26(25(27)29)18(2)24(23(31-26)15-17-28)32(4,5)20-13-11-19(30-3)12-14-20/h6-14,18,23-24,28H,1,15-17H2,2-5H3/t18-,23+,24-,26+/m0/s1. The van der Waals surface area contributed by atoms with Crippen LogP contribution in [0.15, 0.2) is 61.2 Å². The van der Waals surface area contributed by atoms with Gasteiger partial charge in [-0.3, -0.25) is 4.79 Å². The largest absolute Gasteiger partial charge is 0.497 e. The van der Waals surface area contributed by atoms with Gasteiger partial charge in [0.2, 0.25) is 0 Å². The molecule has 1 saturated heterocycles. The van der Waals surface area contributed by atoms with E-state index >= 15 is 0 Å². The molecule has 1 amide bonds. The lowest BCUT2D eigenvalue weighted by molar-refractivity contribution is -0.146. The van der Waals surface area contributed by atoms with Crippen molar-refractivity contribution in [1.29, 1.82) is 0 Å². The van der Waals surface area contributed by atoms with E-state index in [9.17, 15) is 9.90 Å². The molecule has 32 heavy (non-hydrogen) atoms. The second kappa shape index (κ2) is 8.50. The van der Waals surface area contributed by atoms with Gasteiger partial charge in [0.05, 0.1) is 27.0 Å². The van der Waals surface area contributed by atoms with Gasteiger partial charge in [0, 0.05) is 24.6 Å². The van der Waals surface area contributed by atoms with Gasteiger partial charge in [-0.15, -0.1) is 6.58 Å². The summed E-state index contributed by atoms with van der Waals surface area (Å²) in [6.07, 6.45) is 2.08. The Kier molecular flexibility index (Phi) is 6.05. The van der Waals surface area contributed by atoms with E-state index in [1.165, 1.54) is 5.19 Å². The maximum Gasteiger partial charge on any atom is 0.264 e. The molecule has 2 aliphatic rings. The van der Waals surface area contributed by atoms with Crippen LogP contribution in [-0.2, 0) is 15.1 Å². The summed E-state index contributed by atoms with van der Waals surface area (Å²) in [5.41, 5.74) is 0.963. The molecule has 2 aromatic carbocycles. The third-order valence-electron chi connectivity index (χ3n) is 7.47. The second-order valence-electron chi connectivity index (χ2n) is 9.39. The maximum absolute atomic E-state index is 13.9.